The summed E-state index contributed by atoms with van der Waals surface area (Å²) in [5, 5.41) is 0. The molecule has 2 aromatic rings. The Labute approximate surface area is 154 Å². The van der Waals surface area contributed by atoms with Crippen molar-refractivity contribution in [3.8, 4) is 0 Å². The van der Waals surface area contributed by atoms with Gasteiger partial charge in [0.25, 0.3) is 0 Å². The summed E-state index contributed by atoms with van der Waals surface area (Å²) in [5.74, 6) is -0.118. The van der Waals surface area contributed by atoms with Crippen LogP contribution < -0.4 is 5.73 Å². The average Bonchev–Trinajstić information content (AvgIpc) is 2.91. The van der Waals surface area contributed by atoms with Gasteiger partial charge in [0.15, 0.2) is 5.78 Å². The van der Waals surface area contributed by atoms with Crippen LogP contribution in [0.25, 0.3) is 0 Å². The first kappa shape index (κ1) is 18.4. The Hall–Kier alpha value is -2.40. The maximum atomic E-state index is 12.8. The third-order valence-corrected chi connectivity index (χ3v) is 5.41. The number of rotatable bonds is 6. The summed E-state index contributed by atoms with van der Waals surface area (Å²) in [7, 11) is 0. The quantitative estimate of drug-likeness (QED) is 0.812. The van der Waals surface area contributed by atoms with Gasteiger partial charge in [0, 0.05) is 29.4 Å². The Balaban J connectivity index is 1.67. The van der Waals surface area contributed by atoms with Crippen molar-refractivity contribution in [2.75, 3.05) is 19.6 Å². The fourth-order valence-corrected chi connectivity index (χ4v) is 3.76. The number of nitrogens with two attached hydrogens (primary N) is 1. The highest BCUT2D eigenvalue weighted by molar-refractivity contribution is 5.99. The van der Waals surface area contributed by atoms with Crippen molar-refractivity contribution in [2.45, 2.75) is 33.2 Å². The molecule has 1 amide bonds. The highest BCUT2D eigenvalue weighted by atomic mass is 16.1. The zero-order valence-corrected chi connectivity index (χ0v) is 15.6. The number of nitrogens with zero attached hydrogens (tertiary/aromatic N) is 2. The molecule has 5 nitrogen and oxygen atoms in total. The number of piperidine rings is 1. The molecule has 1 aromatic heterocycles. The highest BCUT2D eigenvalue weighted by Gasteiger charge is 2.25. The molecule has 2 N–H and O–H groups in total. The topological polar surface area (TPSA) is 68.3 Å². The molecule has 1 aliphatic heterocycles. The van der Waals surface area contributed by atoms with Crippen molar-refractivity contribution in [1.29, 1.82) is 0 Å². The number of benzene rings is 1. The lowest BCUT2D eigenvalue weighted by Gasteiger charge is -2.29. The maximum Gasteiger partial charge on any atom is 0.220 e. The molecule has 1 saturated heterocycles. The van der Waals surface area contributed by atoms with Crippen molar-refractivity contribution in [3.05, 3.63) is 58.9 Å². The van der Waals surface area contributed by atoms with E-state index in [1.54, 1.807) is 0 Å². The van der Waals surface area contributed by atoms with Crippen LogP contribution in [0.4, 0.5) is 0 Å². The summed E-state index contributed by atoms with van der Waals surface area (Å²) in [4.78, 5) is 26.2. The second kappa shape index (κ2) is 7.87. The van der Waals surface area contributed by atoms with E-state index in [1.165, 1.54) is 5.56 Å². The Morgan fingerprint density at radius 1 is 1.12 bits per heavy atom. The molecular formula is C21H27N3O2. The predicted molar refractivity (Wildman–Crippen MR) is 102 cm³/mol. The number of hydrogen-bond donors (Lipinski definition) is 1. The van der Waals surface area contributed by atoms with E-state index in [-0.39, 0.29) is 17.6 Å². The maximum absolute atomic E-state index is 12.8. The van der Waals surface area contributed by atoms with Gasteiger partial charge < -0.3 is 10.3 Å². The summed E-state index contributed by atoms with van der Waals surface area (Å²) >= 11 is 0. The van der Waals surface area contributed by atoms with Gasteiger partial charge in [-0.1, -0.05) is 30.3 Å². The van der Waals surface area contributed by atoms with E-state index in [0.717, 1.165) is 49.4 Å². The molecule has 138 valence electrons. The lowest BCUT2D eigenvalue weighted by Crippen LogP contribution is -2.40. The number of aromatic nitrogens is 1. The largest absolute Gasteiger partial charge is 0.369 e. The van der Waals surface area contributed by atoms with E-state index in [1.807, 2.05) is 38.1 Å². The van der Waals surface area contributed by atoms with E-state index >= 15 is 0 Å². The molecule has 1 aliphatic rings. The molecule has 1 fully saturated rings. The molecule has 0 saturated carbocycles. The molecule has 2 heterocycles. The van der Waals surface area contributed by atoms with Crippen LogP contribution in [-0.4, -0.2) is 40.8 Å². The van der Waals surface area contributed by atoms with Gasteiger partial charge in [-0.2, -0.15) is 0 Å². The van der Waals surface area contributed by atoms with Gasteiger partial charge in [0.2, 0.25) is 5.91 Å². The van der Waals surface area contributed by atoms with E-state index < -0.39 is 0 Å². The number of hydrogen-bond acceptors (Lipinski definition) is 3. The van der Waals surface area contributed by atoms with Crippen LogP contribution in [0.15, 0.2) is 36.4 Å². The normalized spacial score (nSPS) is 15.9. The van der Waals surface area contributed by atoms with Crippen molar-refractivity contribution in [1.82, 2.24) is 9.47 Å². The number of ketones is 1. The van der Waals surface area contributed by atoms with Crippen molar-refractivity contribution in [2.24, 2.45) is 11.7 Å². The van der Waals surface area contributed by atoms with Gasteiger partial charge in [-0.25, -0.2) is 0 Å². The molecule has 0 atom stereocenters. The first-order valence-corrected chi connectivity index (χ1v) is 9.21. The number of carbonyl (C=O) groups excluding carboxylic acids is 2. The Bertz CT molecular complexity index is 787. The van der Waals surface area contributed by atoms with Crippen molar-refractivity contribution < 1.29 is 9.59 Å². The number of likely N-dealkylation sites (tertiary alicyclic amines) is 1. The van der Waals surface area contributed by atoms with E-state index in [9.17, 15) is 9.59 Å². The molecule has 3 rings (SSSR count). The van der Waals surface area contributed by atoms with Crippen LogP contribution in [0.3, 0.4) is 0 Å². The molecule has 0 bridgehead atoms. The predicted octanol–water partition coefficient (Wildman–Crippen LogP) is 2.53. The third kappa shape index (κ3) is 4.05. The fraction of sp³-hybridized carbons (Fsp3) is 0.429. The molecule has 0 aliphatic carbocycles. The minimum atomic E-state index is -0.222. The minimum Gasteiger partial charge on any atom is -0.369 e. The zero-order valence-electron chi connectivity index (χ0n) is 15.6. The number of primary amides is 1. The summed E-state index contributed by atoms with van der Waals surface area (Å²) in [6.45, 7) is 6.74. The summed E-state index contributed by atoms with van der Waals surface area (Å²) in [5.41, 5.74) is 9.52. The molecular weight excluding hydrogens is 326 g/mol. The van der Waals surface area contributed by atoms with Gasteiger partial charge in [-0.15, -0.1) is 0 Å². The van der Waals surface area contributed by atoms with E-state index in [4.69, 9.17) is 5.73 Å². The molecule has 0 radical (unpaired) electrons. The number of carbonyl (C=O) groups is 2. The van der Waals surface area contributed by atoms with Gasteiger partial charge in [-0.3, -0.25) is 14.5 Å². The van der Waals surface area contributed by atoms with E-state index in [2.05, 4.69) is 21.6 Å². The Morgan fingerprint density at radius 3 is 2.38 bits per heavy atom. The van der Waals surface area contributed by atoms with Crippen LogP contribution in [0.1, 0.15) is 40.2 Å². The van der Waals surface area contributed by atoms with Crippen molar-refractivity contribution >= 4 is 11.7 Å². The summed E-state index contributed by atoms with van der Waals surface area (Å²) < 4.78 is 2.20. The van der Waals surface area contributed by atoms with Crippen LogP contribution in [0.2, 0.25) is 0 Å². The lowest BCUT2D eigenvalue weighted by atomic mass is 9.96. The first-order chi connectivity index (χ1) is 12.5. The highest BCUT2D eigenvalue weighted by Crippen LogP contribution is 2.20. The standard InChI is InChI=1S/C21H27N3O2/c1-15-12-19(16(2)24(15)13-17-6-4-3-5-7-17)20(25)14-23-10-8-18(9-11-23)21(22)26/h3-7,12,18H,8-11,13-14H2,1-2H3,(H2,22,26). The molecule has 0 spiro atoms. The van der Waals surface area contributed by atoms with Crippen LogP contribution in [-0.2, 0) is 11.3 Å². The van der Waals surface area contributed by atoms with E-state index in [0.29, 0.717) is 6.54 Å². The Morgan fingerprint density at radius 2 is 1.77 bits per heavy atom. The first-order valence-electron chi connectivity index (χ1n) is 9.21. The minimum absolute atomic E-state index is 0.0442. The number of Topliss-reactive ketones (excluding diaryl/α,β-unsaturated/α-hetero) is 1. The molecule has 5 heteroatoms. The van der Waals surface area contributed by atoms with Gasteiger partial charge in [-0.05, 0) is 51.4 Å². The summed E-state index contributed by atoms with van der Waals surface area (Å²) in [6.07, 6.45) is 1.49. The molecule has 26 heavy (non-hydrogen) atoms. The number of amides is 1. The second-order valence-corrected chi connectivity index (χ2v) is 7.23. The second-order valence-electron chi connectivity index (χ2n) is 7.23. The molecule has 1 aromatic carbocycles. The third-order valence-electron chi connectivity index (χ3n) is 5.41. The Kier molecular flexibility index (Phi) is 5.57. The SMILES string of the molecule is Cc1cc(C(=O)CN2CCC(C(N)=O)CC2)c(C)n1Cc1ccccc1. The number of aryl methyl sites for hydroxylation is 1. The van der Waals surface area contributed by atoms with Gasteiger partial charge in [0.05, 0.1) is 6.54 Å². The van der Waals surface area contributed by atoms with Crippen molar-refractivity contribution in [3.63, 3.8) is 0 Å². The average molecular weight is 353 g/mol. The smallest absolute Gasteiger partial charge is 0.220 e. The fourth-order valence-electron chi connectivity index (χ4n) is 3.76. The zero-order chi connectivity index (χ0) is 18.7. The van der Waals surface area contributed by atoms with Crippen LogP contribution in [0, 0.1) is 19.8 Å². The van der Waals surface area contributed by atoms with Gasteiger partial charge in [0.1, 0.15) is 0 Å². The van der Waals surface area contributed by atoms with Crippen LogP contribution in [0.5, 0.6) is 0 Å². The van der Waals surface area contributed by atoms with Gasteiger partial charge >= 0.3 is 0 Å². The monoisotopic (exact) mass is 353 g/mol. The summed E-state index contributed by atoms with van der Waals surface area (Å²) in [6, 6.07) is 12.3. The lowest BCUT2D eigenvalue weighted by molar-refractivity contribution is -0.123. The molecule has 0 unspecified atom stereocenters. The van der Waals surface area contributed by atoms with Crippen LogP contribution >= 0.6 is 0 Å².